The molecule has 0 bridgehead atoms. The predicted molar refractivity (Wildman–Crippen MR) is 275 cm³/mol. The van der Waals surface area contributed by atoms with Crippen molar-refractivity contribution in [3.05, 3.63) is 83.2 Å². The molecule has 1 atom stereocenters. The molecule has 0 saturated carbocycles. The van der Waals surface area contributed by atoms with Gasteiger partial charge in [0.15, 0.2) is 5.82 Å². The van der Waals surface area contributed by atoms with E-state index in [-0.39, 0.29) is 71.4 Å². The highest BCUT2D eigenvalue weighted by Gasteiger charge is 2.30. The van der Waals surface area contributed by atoms with Crippen LogP contribution in [-0.2, 0) is 32.3 Å². The lowest BCUT2D eigenvalue weighted by atomic mass is 9.98. The molecular weight excluding hydrogens is 921 g/mol. The van der Waals surface area contributed by atoms with E-state index in [4.69, 9.17) is 5.73 Å². The highest BCUT2D eigenvalue weighted by atomic mass is 16.3. The minimum absolute atomic E-state index is 0.0161. The monoisotopic (exact) mass is 993 g/mol. The van der Waals surface area contributed by atoms with Crippen LogP contribution in [0.1, 0.15) is 93.0 Å². The molecule has 2 aliphatic rings. The molecule has 388 valence electrons. The van der Waals surface area contributed by atoms with Crippen molar-refractivity contribution >= 4 is 41.1 Å². The van der Waals surface area contributed by atoms with Gasteiger partial charge in [-0.25, -0.2) is 0 Å². The van der Waals surface area contributed by atoms with E-state index >= 15 is 0 Å². The number of anilines is 1. The fraction of sp³-hybridized carbons (Fsp3) is 0.490. The number of rotatable bonds is 21. The summed E-state index contributed by atoms with van der Waals surface area (Å²) in [5.41, 5.74) is 12.8. The number of carbonyl (C=O) groups excluding carboxylic acids is 5. The summed E-state index contributed by atoms with van der Waals surface area (Å²) in [5, 5.41) is 45.5. The second-order valence-corrected chi connectivity index (χ2v) is 18.3. The SMILES string of the molecule is CCNC(=O)/C(=N/NC)Nc1ccc(CN2CCN(C(=O)CCC(=O)N[C@@H](CCCCN)C(=O)N3CCN(Cc4ccc(-n5c(C(=O)NCC)nnc5-c5cc(C(C)C)c(O)cc5O)cc4)CC3)CC2)cc1. The molecule has 2 saturated heterocycles. The van der Waals surface area contributed by atoms with Gasteiger partial charge in [-0.3, -0.25) is 38.3 Å². The number of nitrogens with one attached hydrogen (secondary N) is 5. The molecule has 4 aromatic rings. The number of aromatic nitrogens is 3. The maximum Gasteiger partial charge on any atom is 0.289 e. The Hall–Kier alpha value is -7.10. The fourth-order valence-corrected chi connectivity index (χ4v) is 8.81. The third-order valence-corrected chi connectivity index (χ3v) is 12.8. The standard InChI is InChI=1S/C51H72N14O7/c1-6-54-49(70)46(58-53-5)56-37-15-11-35(12-16-37)32-61-22-26-63(27-23-61)45(69)20-19-44(68)57-41(10-8-9-21-52)51(72)64-28-24-62(25-29-64)33-36-13-17-38(18-14-36)65-47(59-60-48(65)50(71)55-7-2)40-30-39(34(3)4)42(66)31-43(40)67/h11-18,30-31,34,41,53,66-67H,6-10,19-29,32-33,52H2,1-5H3,(H,54,70)(H,55,71)(H,56,58)(H,57,68)/t41-/m0/s1. The van der Waals surface area contributed by atoms with Crippen molar-refractivity contribution in [2.24, 2.45) is 10.8 Å². The second-order valence-electron chi connectivity index (χ2n) is 18.3. The first-order chi connectivity index (χ1) is 34.7. The molecule has 0 unspecified atom stereocenters. The number of phenolic OH excluding ortho intramolecular Hbond substituents is 2. The molecular formula is C51H72N14O7. The van der Waals surface area contributed by atoms with Crippen molar-refractivity contribution in [1.29, 1.82) is 0 Å². The molecule has 1 aromatic heterocycles. The third kappa shape index (κ3) is 14.5. The molecule has 3 heterocycles. The van der Waals surface area contributed by atoms with Crippen LogP contribution in [0.5, 0.6) is 11.5 Å². The molecule has 72 heavy (non-hydrogen) atoms. The first-order valence-electron chi connectivity index (χ1n) is 25.0. The molecule has 6 rings (SSSR count). The number of phenols is 2. The lowest BCUT2D eigenvalue weighted by molar-refractivity contribution is -0.139. The summed E-state index contributed by atoms with van der Waals surface area (Å²) in [6.45, 7) is 14.8. The summed E-state index contributed by atoms with van der Waals surface area (Å²) in [6, 6.07) is 17.7. The van der Waals surface area contributed by atoms with Crippen LogP contribution >= 0.6 is 0 Å². The van der Waals surface area contributed by atoms with Gasteiger partial charge in [0.1, 0.15) is 17.5 Å². The van der Waals surface area contributed by atoms with E-state index in [1.54, 1.807) is 27.5 Å². The average Bonchev–Trinajstić information content (AvgIpc) is 3.81. The third-order valence-electron chi connectivity index (χ3n) is 12.8. The molecule has 2 fully saturated rings. The van der Waals surface area contributed by atoms with E-state index < -0.39 is 11.9 Å². The molecule has 21 heteroatoms. The van der Waals surface area contributed by atoms with Gasteiger partial charge in [-0.05, 0) is 92.6 Å². The molecule has 5 amide bonds. The van der Waals surface area contributed by atoms with Crippen LogP contribution in [0.15, 0.2) is 65.8 Å². The molecule has 9 N–H and O–H groups in total. The first-order valence-corrected chi connectivity index (χ1v) is 25.0. The van der Waals surface area contributed by atoms with E-state index in [0.29, 0.717) is 115 Å². The number of aromatic hydroxyl groups is 2. The number of hydrogen-bond acceptors (Lipinski definition) is 14. The van der Waals surface area contributed by atoms with Gasteiger partial charge in [-0.2, -0.15) is 5.10 Å². The molecule has 0 radical (unpaired) electrons. The highest BCUT2D eigenvalue weighted by molar-refractivity contribution is 6.42. The van der Waals surface area contributed by atoms with Crippen molar-refractivity contribution in [2.45, 2.75) is 84.8 Å². The number of piperazine rings is 2. The van der Waals surface area contributed by atoms with Gasteiger partial charge in [-0.15, -0.1) is 10.2 Å². The highest BCUT2D eigenvalue weighted by Crippen LogP contribution is 2.38. The number of hydrazone groups is 1. The Bertz CT molecular complexity index is 2500. The minimum atomic E-state index is -0.719. The van der Waals surface area contributed by atoms with Gasteiger partial charge < -0.3 is 52.4 Å². The summed E-state index contributed by atoms with van der Waals surface area (Å²) in [5.74, 6) is -1.11. The van der Waals surface area contributed by atoms with Crippen LogP contribution in [0.3, 0.4) is 0 Å². The molecule has 3 aromatic carbocycles. The van der Waals surface area contributed by atoms with Crippen LogP contribution in [0.2, 0.25) is 0 Å². The van der Waals surface area contributed by atoms with Gasteiger partial charge in [0.25, 0.3) is 11.8 Å². The van der Waals surface area contributed by atoms with E-state index in [1.165, 1.54) is 6.07 Å². The summed E-state index contributed by atoms with van der Waals surface area (Å²) >= 11 is 0. The number of unbranched alkanes of at least 4 members (excludes halogenated alkanes) is 1. The Morgan fingerprint density at radius 1 is 0.750 bits per heavy atom. The lowest BCUT2D eigenvalue weighted by Crippen LogP contribution is -2.54. The van der Waals surface area contributed by atoms with Crippen molar-refractivity contribution < 1.29 is 34.2 Å². The van der Waals surface area contributed by atoms with Crippen LogP contribution in [0.4, 0.5) is 5.69 Å². The zero-order valence-electron chi connectivity index (χ0n) is 42.2. The zero-order valence-corrected chi connectivity index (χ0v) is 42.2. The smallest absolute Gasteiger partial charge is 0.289 e. The number of amides is 5. The number of nitrogens with zero attached hydrogens (tertiary/aromatic N) is 8. The fourth-order valence-electron chi connectivity index (χ4n) is 8.81. The van der Waals surface area contributed by atoms with E-state index in [1.807, 2.05) is 76.2 Å². The Labute approximate surface area is 421 Å². The number of amidine groups is 1. The summed E-state index contributed by atoms with van der Waals surface area (Å²) < 4.78 is 1.60. The lowest BCUT2D eigenvalue weighted by Gasteiger charge is -2.36. The summed E-state index contributed by atoms with van der Waals surface area (Å²) in [4.78, 5) is 74.1. The topological polar surface area (TPSA) is 268 Å². The normalized spacial score (nSPS) is 15.0. The maximum absolute atomic E-state index is 13.9. The Balaban J connectivity index is 0.975. The largest absolute Gasteiger partial charge is 0.508 e. The zero-order chi connectivity index (χ0) is 51.7. The first kappa shape index (κ1) is 54.2. The van der Waals surface area contributed by atoms with Gasteiger partial charge >= 0.3 is 0 Å². The van der Waals surface area contributed by atoms with E-state index in [9.17, 15) is 34.2 Å². The second kappa shape index (κ2) is 26.4. The van der Waals surface area contributed by atoms with Crippen molar-refractivity contribution in [1.82, 2.24) is 55.7 Å². The Kier molecular flexibility index (Phi) is 19.9. The van der Waals surface area contributed by atoms with Crippen molar-refractivity contribution in [3.63, 3.8) is 0 Å². The number of carbonyl (C=O) groups is 5. The average molecular weight is 993 g/mol. The van der Waals surface area contributed by atoms with Crippen LogP contribution in [-0.4, -0.2) is 165 Å². The van der Waals surface area contributed by atoms with Gasteiger partial charge in [-0.1, -0.05) is 38.1 Å². The quantitative estimate of drug-likeness (QED) is 0.0258. The number of likely N-dealkylation sites (N-methyl/N-ethyl adjacent to an activating group) is 1. The van der Waals surface area contributed by atoms with Gasteiger partial charge in [0, 0.05) is 116 Å². The summed E-state index contributed by atoms with van der Waals surface area (Å²) in [7, 11) is 1.63. The molecule has 0 aliphatic carbocycles. The van der Waals surface area contributed by atoms with Crippen molar-refractivity contribution in [3.8, 4) is 28.6 Å². The van der Waals surface area contributed by atoms with Crippen LogP contribution in [0, 0.1) is 0 Å². The Morgan fingerprint density at radius 2 is 1.36 bits per heavy atom. The molecule has 0 spiro atoms. The number of nitrogens with two attached hydrogens (primary N) is 1. The van der Waals surface area contributed by atoms with Crippen molar-refractivity contribution in [2.75, 3.05) is 84.4 Å². The van der Waals surface area contributed by atoms with Gasteiger partial charge in [0.2, 0.25) is 29.4 Å². The van der Waals surface area contributed by atoms with E-state index in [2.05, 4.69) is 51.8 Å². The Morgan fingerprint density at radius 3 is 1.94 bits per heavy atom. The van der Waals surface area contributed by atoms with Crippen LogP contribution in [0.25, 0.3) is 17.1 Å². The number of hydrogen-bond donors (Lipinski definition) is 8. The number of benzene rings is 3. The van der Waals surface area contributed by atoms with Gasteiger partial charge in [0.05, 0.1) is 5.56 Å². The maximum atomic E-state index is 13.9. The minimum Gasteiger partial charge on any atom is -0.508 e. The molecule has 21 nitrogen and oxygen atoms in total. The molecule has 2 aliphatic heterocycles. The van der Waals surface area contributed by atoms with E-state index in [0.717, 1.165) is 23.2 Å². The summed E-state index contributed by atoms with van der Waals surface area (Å²) in [6.07, 6.45) is 1.88. The predicted octanol–water partition coefficient (Wildman–Crippen LogP) is 2.68. The van der Waals surface area contributed by atoms with Crippen LogP contribution < -0.4 is 32.4 Å².